The van der Waals surface area contributed by atoms with Crippen molar-refractivity contribution in [3.05, 3.63) is 95.3 Å². The molecule has 3 aromatic rings. The second kappa shape index (κ2) is 10.5. The van der Waals surface area contributed by atoms with E-state index in [2.05, 4.69) is 24.0 Å². The van der Waals surface area contributed by atoms with Gasteiger partial charge in [0, 0.05) is 32.6 Å². The van der Waals surface area contributed by atoms with Gasteiger partial charge in [0.25, 0.3) is 5.91 Å². The highest BCUT2D eigenvalue weighted by atomic mass is 19.1. The number of nitrogens with zero attached hydrogens (tertiary/aromatic N) is 4. The Labute approximate surface area is 211 Å². The van der Waals surface area contributed by atoms with Crippen molar-refractivity contribution in [2.24, 2.45) is 5.10 Å². The molecule has 1 saturated heterocycles. The first-order valence-corrected chi connectivity index (χ1v) is 12.3. The van der Waals surface area contributed by atoms with Crippen LogP contribution in [0.3, 0.4) is 0 Å². The maximum absolute atomic E-state index is 14.2. The quantitative estimate of drug-likeness (QED) is 0.509. The molecule has 0 aliphatic carbocycles. The number of hydrogen-bond donors (Lipinski definition) is 0. The Morgan fingerprint density at radius 2 is 1.67 bits per heavy atom. The van der Waals surface area contributed by atoms with Gasteiger partial charge in [0.1, 0.15) is 11.6 Å². The van der Waals surface area contributed by atoms with Crippen LogP contribution in [0, 0.1) is 12.7 Å². The third-order valence-electron chi connectivity index (χ3n) is 7.06. The first-order chi connectivity index (χ1) is 17.5. The molecule has 0 aromatic heterocycles. The maximum Gasteiger partial charge on any atom is 0.257 e. The molecule has 2 heterocycles. The van der Waals surface area contributed by atoms with Gasteiger partial charge in [-0.15, -0.1) is 0 Å². The predicted molar refractivity (Wildman–Crippen MR) is 140 cm³/mol. The van der Waals surface area contributed by atoms with Crippen LogP contribution in [0.2, 0.25) is 0 Å². The molecule has 1 atom stereocenters. The Morgan fingerprint density at radius 3 is 2.36 bits per heavy atom. The average Bonchev–Trinajstić information content (AvgIpc) is 3.35. The molecule has 0 unspecified atom stereocenters. The molecule has 6 nitrogen and oxygen atoms in total. The van der Waals surface area contributed by atoms with E-state index in [1.54, 1.807) is 18.2 Å². The number of hydrazone groups is 1. The minimum Gasteiger partial charge on any atom is -0.497 e. The van der Waals surface area contributed by atoms with Crippen molar-refractivity contribution in [3.8, 4) is 5.75 Å². The van der Waals surface area contributed by atoms with Crippen LogP contribution in [0.25, 0.3) is 0 Å². The predicted octanol–water partition coefficient (Wildman–Crippen LogP) is 4.64. The van der Waals surface area contributed by atoms with Crippen molar-refractivity contribution in [3.63, 3.8) is 0 Å². The number of carbonyl (C=O) groups excluding carboxylic acids is 1. The normalized spacial score (nSPS) is 18.3. The van der Waals surface area contributed by atoms with E-state index in [9.17, 15) is 9.18 Å². The highest BCUT2D eigenvalue weighted by Crippen LogP contribution is 2.35. The molecular weight excluding hydrogens is 455 g/mol. The molecular formula is C29H31FN4O2. The number of methoxy groups -OCH3 is 1. The molecule has 5 rings (SSSR count). The van der Waals surface area contributed by atoms with Crippen molar-refractivity contribution in [1.29, 1.82) is 0 Å². The van der Waals surface area contributed by atoms with Gasteiger partial charge in [-0.25, -0.2) is 9.40 Å². The summed E-state index contributed by atoms with van der Waals surface area (Å²) < 4.78 is 19.5. The number of halogens is 1. The number of aryl methyl sites for hydroxylation is 1. The fourth-order valence-corrected chi connectivity index (χ4v) is 5.02. The van der Waals surface area contributed by atoms with E-state index in [1.807, 2.05) is 53.4 Å². The SMILES string of the molecule is COc1ccc(C2=NN(C(=O)CN3CCN(c4ccccc4F)CC3)[C@@H](c3ccccc3C)C2)cc1. The number of carbonyl (C=O) groups is 1. The topological polar surface area (TPSA) is 48.4 Å². The number of piperazine rings is 1. The van der Waals surface area contributed by atoms with Gasteiger partial charge in [0.05, 0.1) is 31.1 Å². The minimum absolute atomic E-state index is 0.0221. The van der Waals surface area contributed by atoms with E-state index >= 15 is 0 Å². The lowest BCUT2D eigenvalue weighted by Crippen LogP contribution is -2.49. The number of amides is 1. The fourth-order valence-electron chi connectivity index (χ4n) is 5.02. The highest BCUT2D eigenvalue weighted by molar-refractivity contribution is 6.03. The van der Waals surface area contributed by atoms with E-state index in [1.165, 1.54) is 6.07 Å². The molecule has 1 fully saturated rings. The fraction of sp³-hybridized carbons (Fsp3) is 0.310. The largest absolute Gasteiger partial charge is 0.497 e. The molecule has 0 bridgehead atoms. The zero-order valence-electron chi connectivity index (χ0n) is 20.7. The number of benzene rings is 3. The van der Waals surface area contributed by atoms with Crippen molar-refractivity contribution in [2.75, 3.05) is 44.7 Å². The van der Waals surface area contributed by atoms with Gasteiger partial charge in [-0.05, 0) is 60.0 Å². The molecule has 1 amide bonds. The van der Waals surface area contributed by atoms with E-state index in [0.717, 1.165) is 28.2 Å². The third kappa shape index (κ3) is 4.97. The number of ether oxygens (including phenoxy) is 1. The summed E-state index contributed by atoms with van der Waals surface area (Å²) in [5, 5.41) is 6.50. The lowest BCUT2D eigenvalue weighted by molar-refractivity contribution is -0.134. The van der Waals surface area contributed by atoms with Crippen LogP contribution in [0.1, 0.15) is 29.2 Å². The maximum atomic E-state index is 14.2. The van der Waals surface area contributed by atoms with Gasteiger partial charge in [-0.3, -0.25) is 9.69 Å². The summed E-state index contributed by atoms with van der Waals surface area (Å²) in [7, 11) is 1.65. The Morgan fingerprint density at radius 1 is 0.972 bits per heavy atom. The number of hydrogen-bond acceptors (Lipinski definition) is 5. The van der Waals surface area contributed by atoms with Crippen molar-refractivity contribution in [2.45, 2.75) is 19.4 Å². The molecule has 0 spiro atoms. The zero-order chi connectivity index (χ0) is 25.1. The lowest BCUT2D eigenvalue weighted by atomic mass is 9.95. The van der Waals surface area contributed by atoms with Crippen LogP contribution in [0.15, 0.2) is 77.9 Å². The number of rotatable bonds is 6. The van der Waals surface area contributed by atoms with Crippen molar-refractivity contribution in [1.82, 2.24) is 9.91 Å². The number of anilines is 1. The molecule has 0 N–H and O–H groups in total. The summed E-state index contributed by atoms with van der Waals surface area (Å²) in [5.74, 6) is 0.557. The van der Waals surface area contributed by atoms with Crippen LogP contribution >= 0.6 is 0 Å². The van der Waals surface area contributed by atoms with Crippen molar-refractivity contribution < 1.29 is 13.9 Å². The van der Waals surface area contributed by atoms with Crippen LogP contribution in [-0.2, 0) is 4.79 Å². The Hall–Kier alpha value is -3.71. The second-order valence-corrected chi connectivity index (χ2v) is 9.30. The lowest BCUT2D eigenvalue weighted by Gasteiger charge is -2.36. The molecule has 186 valence electrons. The van der Waals surface area contributed by atoms with Gasteiger partial charge in [0.2, 0.25) is 0 Å². The summed E-state index contributed by atoms with van der Waals surface area (Å²) in [6.07, 6.45) is 0.657. The zero-order valence-corrected chi connectivity index (χ0v) is 20.7. The van der Waals surface area contributed by atoms with Crippen LogP contribution in [0.5, 0.6) is 5.75 Å². The monoisotopic (exact) mass is 486 g/mol. The van der Waals surface area contributed by atoms with Gasteiger partial charge in [-0.2, -0.15) is 5.10 Å². The molecule has 36 heavy (non-hydrogen) atoms. The smallest absolute Gasteiger partial charge is 0.257 e. The Kier molecular flexibility index (Phi) is 7.00. The molecule has 3 aromatic carbocycles. The highest BCUT2D eigenvalue weighted by Gasteiger charge is 2.35. The summed E-state index contributed by atoms with van der Waals surface area (Å²) in [6.45, 7) is 5.10. The van der Waals surface area contributed by atoms with Crippen LogP contribution in [0.4, 0.5) is 10.1 Å². The summed E-state index contributed by atoms with van der Waals surface area (Å²) >= 11 is 0. The van der Waals surface area contributed by atoms with E-state index < -0.39 is 0 Å². The summed E-state index contributed by atoms with van der Waals surface area (Å²) in [4.78, 5) is 17.8. The van der Waals surface area contributed by atoms with Crippen LogP contribution < -0.4 is 9.64 Å². The molecule has 0 saturated carbocycles. The van der Waals surface area contributed by atoms with Gasteiger partial charge >= 0.3 is 0 Å². The minimum atomic E-state index is -0.208. The molecule has 7 heteroatoms. The molecule has 2 aliphatic heterocycles. The Bertz CT molecular complexity index is 1250. The molecule has 0 radical (unpaired) electrons. The van der Waals surface area contributed by atoms with Crippen molar-refractivity contribution >= 4 is 17.3 Å². The molecule has 2 aliphatic rings. The van der Waals surface area contributed by atoms with Gasteiger partial charge in [0.15, 0.2) is 0 Å². The summed E-state index contributed by atoms with van der Waals surface area (Å²) in [5.41, 5.74) is 4.76. The third-order valence-corrected chi connectivity index (χ3v) is 7.06. The van der Waals surface area contributed by atoms with Gasteiger partial charge < -0.3 is 9.64 Å². The second-order valence-electron chi connectivity index (χ2n) is 9.30. The first-order valence-electron chi connectivity index (χ1n) is 12.3. The standard InChI is InChI=1S/C29H31FN4O2/c1-21-7-3-4-8-24(21)28-19-26(22-11-13-23(36-2)14-12-22)31-34(28)29(35)20-32-15-17-33(18-16-32)27-10-6-5-9-25(27)30/h3-14,28H,15-20H2,1-2H3/t28-/m1/s1. The first kappa shape index (κ1) is 24.0. The van der Waals surface area contributed by atoms with E-state index in [-0.39, 0.29) is 24.3 Å². The summed E-state index contributed by atoms with van der Waals surface area (Å²) in [6, 6.07) is 22.7. The Balaban J connectivity index is 1.32. The van der Waals surface area contributed by atoms with Crippen LogP contribution in [-0.4, -0.2) is 61.4 Å². The van der Waals surface area contributed by atoms with Gasteiger partial charge in [-0.1, -0.05) is 36.4 Å². The number of para-hydroxylation sites is 1. The van der Waals surface area contributed by atoms with E-state index in [0.29, 0.717) is 38.3 Å². The average molecular weight is 487 g/mol. The van der Waals surface area contributed by atoms with E-state index in [4.69, 9.17) is 9.84 Å².